The molecular formula is C19H23NO2. The van der Waals surface area contributed by atoms with Crippen LogP contribution in [0.25, 0.3) is 0 Å². The molecule has 0 spiro atoms. The van der Waals surface area contributed by atoms with E-state index >= 15 is 0 Å². The number of para-hydroxylation sites is 1. The number of fused-ring (bicyclic) bond motifs is 1. The van der Waals surface area contributed by atoms with E-state index in [0.717, 1.165) is 37.2 Å². The molecule has 1 unspecified atom stereocenters. The zero-order valence-electron chi connectivity index (χ0n) is 13.0. The number of ether oxygens (including phenoxy) is 1. The van der Waals surface area contributed by atoms with Gasteiger partial charge in [-0.05, 0) is 49.1 Å². The molecule has 0 aromatic heterocycles. The van der Waals surface area contributed by atoms with Crippen LogP contribution in [0.15, 0.2) is 48.5 Å². The molecule has 0 fully saturated rings. The van der Waals surface area contributed by atoms with Gasteiger partial charge in [-0.2, -0.15) is 0 Å². The minimum atomic E-state index is -0.427. The molecule has 1 heterocycles. The molecule has 0 aliphatic carbocycles. The van der Waals surface area contributed by atoms with Gasteiger partial charge >= 0.3 is 0 Å². The molecule has 2 aromatic carbocycles. The van der Waals surface area contributed by atoms with Gasteiger partial charge in [-0.3, -0.25) is 0 Å². The molecule has 1 aliphatic rings. The summed E-state index contributed by atoms with van der Waals surface area (Å²) < 4.78 is 5.43. The van der Waals surface area contributed by atoms with Crippen LogP contribution >= 0.6 is 0 Å². The highest BCUT2D eigenvalue weighted by Crippen LogP contribution is 2.29. The molecule has 2 aromatic rings. The smallest absolute Gasteiger partial charge is 0.119 e. The molecular weight excluding hydrogens is 274 g/mol. The standard InChI is InChI=1S/C19H23NO2/c1-2-22-17-9-7-16(8-10-17)19(21)12-14-20-13-11-15-5-3-4-6-18(15)20/h3-10,19,21H,2,11-14H2,1H3. The Morgan fingerprint density at radius 3 is 2.68 bits per heavy atom. The number of aliphatic hydroxyl groups excluding tert-OH is 1. The summed E-state index contributed by atoms with van der Waals surface area (Å²) in [6.07, 6.45) is 1.42. The van der Waals surface area contributed by atoms with E-state index in [4.69, 9.17) is 4.74 Å². The molecule has 0 amide bonds. The van der Waals surface area contributed by atoms with Crippen molar-refractivity contribution >= 4 is 5.69 Å². The summed E-state index contributed by atoms with van der Waals surface area (Å²) in [6.45, 7) is 4.56. The third kappa shape index (κ3) is 3.25. The highest BCUT2D eigenvalue weighted by molar-refractivity contribution is 5.57. The quantitative estimate of drug-likeness (QED) is 0.884. The van der Waals surface area contributed by atoms with Crippen LogP contribution < -0.4 is 9.64 Å². The lowest BCUT2D eigenvalue weighted by Gasteiger charge is -2.21. The summed E-state index contributed by atoms with van der Waals surface area (Å²) in [5, 5.41) is 10.4. The Hall–Kier alpha value is -2.00. The van der Waals surface area contributed by atoms with E-state index in [1.165, 1.54) is 11.3 Å². The Kier molecular flexibility index (Phi) is 4.64. The normalized spacial score (nSPS) is 14.7. The Labute approximate surface area is 132 Å². The summed E-state index contributed by atoms with van der Waals surface area (Å²) >= 11 is 0. The fourth-order valence-electron chi connectivity index (χ4n) is 3.04. The van der Waals surface area contributed by atoms with Gasteiger partial charge in [0, 0.05) is 18.8 Å². The van der Waals surface area contributed by atoms with Gasteiger partial charge in [0.05, 0.1) is 12.7 Å². The number of aliphatic hydroxyl groups is 1. The van der Waals surface area contributed by atoms with Gasteiger partial charge in [0.15, 0.2) is 0 Å². The van der Waals surface area contributed by atoms with E-state index in [1.54, 1.807) is 0 Å². The first-order valence-corrected chi connectivity index (χ1v) is 8.01. The molecule has 0 radical (unpaired) electrons. The highest BCUT2D eigenvalue weighted by Gasteiger charge is 2.19. The minimum absolute atomic E-state index is 0.427. The van der Waals surface area contributed by atoms with E-state index in [0.29, 0.717) is 6.61 Å². The number of benzene rings is 2. The molecule has 3 nitrogen and oxygen atoms in total. The maximum absolute atomic E-state index is 10.4. The van der Waals surface area contributed by atoms with Crippen molar-refractivity contribution in [3.63, 3.8) is 0 Å². The van der Waals surface area contributed by atoms with Crippen LogP contribution in [-0.4, -0.2) is 24.8 Å². The fourth-order valence-corrected chi connectivity index (χ4v) is 3.04. The summed E-state index contributed by atoms with van der Waals surface area (Å²) in [6, 6.07) is 16.3. The second-order valence-electron chi connectivity index (χ2n) is 5.67. The van der Waals surface area contributed by atoms with Gasteiger partial charge in [0.2, 0.25) is 0 Å². The molecule has 22 heavy (non-hydrogen) atoms. The van der Waals surface area contributed by atoms with E-state index in [-0.39, 0.29) is 0 Å². The molecule has 3 rings (SSSR count). The van der Waals surface area contributed by atoms with Crippen molar-refractivity contribution in [1.82, 2.24) is 0 Å². The van der Waals surface area contributed by atoms with Gasteiger partial charge in [-0.1, -0.05) is 30.3 Å². The molecule has 1 atom stereocenters. The maximum Gasteiger partial charge on any atom is 0.119 e. The average Bonchev–Trinajstić information content (AvgIpc) is 2.97. The van der Waals surface area contributed by atoms with Gasteiger partial charge < -0.3 is 14.7 Å². The van der Waals surface area contributed by atoms with Crippen molar-refractivity contribution in [2.45, 2.75) is 25.9 Å². The Balaban J connectivity index is 1.57. The predicted molar refractivity (Wildman–Crippen MR) is 89.5 cm³/mol. The zero-order valence-corrected chi connectivity index (χ0v) is 13.0. The van der Waals surface area contributed by atoms with Gasteiger partial charge in [0.1, 0.15) is 5.75 Å². The first kappa shape index (κ1) is 14.9. The zero-order chi connectivity index (χ0) is 15.4. The Morgan fingerprint density at radius 1 is 1.14 bits per heavy atom. The third-order valence-electron chi connectivity index (χ3n) is 4.23. The number of hydrogen-bond donors (Lipinski definition) is 1. The van der Waals surface area contributed by atoms with E-state index in [1.807, 2.05) is 31.2 Å². The molecule has 1 N–H and O–H groups in total. The lowest BCUT2D eigenvalue weighted by atomic mass is 10.1. The van der Waals surface area contributed by atoms with Crippen molar-refractivity contribution in [3.05, 3.63) is 59.7 Å². The van der Waals surface area contributed by atoms with Gasteiger partial charge in [-0.25, -0.2) is 0 Å². The van der Waals surface area contributed by atoms with Crippen LogP contribution in [0.4, 0.5) is 5.69 Å². The van der Waals surface area contributed by atoms with Crippen LogP contribution in [0, 0.1) is 0 Å². The van der Waals surface area contributed by atoms with Crippen molar-refractivity contribution in [2.75, 3.05) is 24.6 Å². The molecule has 0 saturated heterocycles. The Morgan fingerprint density at radius 2 is 1.91 bits per heavy atom. The number of hydrogen-bond acceptors (Lipinski definition) is 3. The molecule has 116 valence electrons. The van der Waals surface area contributed by atoms with Gasteiger partial charge in [-0.15, -0.1) is 0 Å². The van der Waals surface area contributed by atoms with Crippen molar-refractivity contribution in [1.29, 1.82) is 0 Å². The molecule has 3 heteroatoms. The second-order valence-corrected chi connectivity index (χ2v) is 5.67. The first-order valence-electron chi connectivity index (χ1n) is 8.01. The number of rotatable bonds is 6. The van der Waals surface area contributed by atoms with Crippen molar-refractivity contribution in [2.24, 2.45) is 0 Å². The lowest BCUT2D eigenvalue weighted by molar-refractivity contribution is 0.169. The van der Waals surface area contributed by atoms with Crippen LogP contribution in [0.2, 0.25) is 0 Å². The summed E-state index contributed by atoms with van der Waals surface area (Å²) in [5.74, 6) is 0.854. The minimum Gasteiger partial charge on any atom is -0.494 e. The monoisotopic (exact) mass is 297 g/mol. The average molecular weight is 297 g/mol. The highest BCUT2D eigenvalue weighted by atomic mass is 16.5. The topological polar surface area (TPSA) is 32.7 Å². The molecule has 1 aliphatic heterocycles. The van der Waals surface area contributed by atoms with Crippen LogP contribution in [0.1, 0.15) is 30.6 Å². The Bertz CT molecular complexity index is 609. The number of nitrogens with zero attached hydrogens (tertiary/aromatic N) is 1. The predicted octanol–water partition coefficient (Wildman–Crippen LogP) is 3.57. The SMILES string of the molecule is CCOc1ccc(C(O)CCN2CCc3ccccc32)cc1. The van der Waals surface area contributed by atoms with Crippen molar-refractivity contribution in [3.8, 4) is 5.75 Å². The third-order valence-corrected chi connectivity index (χ3v) is 4.23. The summed E-state index contributed by atoms with van der Waals surface area (Å²) in [7, 11) is 0. The van der Waals surface area contributed by atoms with Gasteiger partial charge in [0.25, 0.3) is 0 Å². The van der Waals surface area contributed by atoms with E-state index in [9.17, 15) is 5.11 Å². The fraction of sp³-hybridized carbons (Fsp3) is 0.368. The first-order chi connectivity index (χ1) is 10.8. The molecule has 0 bridgehead atoms. The van der Waals surface area contributed by atoms with Crippen LogP contribution in [0.3, 0.4) is 0 Å². The largest absolute Gasteiger partial charge is 0.494 e. The summed E-state index contributed by atoms with van der Waals surface area (Å²) in [5.41, 5.74) is 3.69. The summed E-state index contributed by atoms with van der Waals surface area (Å²) in [4.78, 5) is 2.37. The molecule has 0 saturated carbocycles. The van der Waals surface area contributed by atoms with E-state index < -0.39 is 6.10 Å². The van der Waals surface area contributed by atoms with Crippen molar-refractivity contribution < 1.29 is 9.84 Å². The second kappa shape index (κ2) is 6.84. The van der Waals surface area contributed by atoms with Crippen LogP contribution in [0.5, 0.6) is 5.75 Å². The van der Waals surface area contributed by atoms with Crippen LogP contribution in [-0.2, 0) is 6.42 Å². The van der Waals surface area contributed by atoms with E-state index in [2.05, 4.69) is 29.2 Å². The number of anilines is 1. The lowest BCUT2D eigenvalue weighted by Crippen LogP contribution is -2.23. The maximum atomic E-state index is 10.4.